The Balaban J connectivity index is 0.000000362. The fraction of sp³-hybridized carbons (Fsp3) is 0.464. The van der Waals surface area contributed by atoms with Gasteiger partial charge in [-0.05, 0) is 58.2 Å². The highest BCUT2D eigenvalue weighted by Crippen LogP contribution is 2.23. The highest BCUT2D eigenvalue weighted by Gasteiger charge is 2.29. The van der Waals surface area contributed by atoms with Crippen LogP contribution in [0.25, 0.3) is 0 Å². The van der Waals surface area contributed by atoms with Crippen molar-refractivity contribution in [2.45, 2.75) is 64.4 Å². The number of carbonyl (C=O) groups is 3. The van der Waals surface area contributed by atoms with Crippen molar-refractivity contribution in [2.24, 2.45) is 0 Å². The molecular weight excluding hydrogens is 456 g/mol. The van der Waals surface area contributed by atoms with Gasteiger partial charge in [-0.3, -0.25) is 14.4 Å². The smallest absolute Gasteiger partial charge is 0.234 e. The summed E-state index contributed by atoms with van der Waals surface area (Å²) < 4.78 is 5.72. The van der Waals surface area contributed by atoms with Crippen LogP contribution in [0.5, 0.6) is 0 Å². The van der Waals surface area contributed by atoms with Crippen molar-refractivity contribution in [1.82, 2.24) is 20.9 Å². The third-order valence-corrected chi connectivity index (χ3v) is 5.77. The van der Waals surface area contributed by atoms with Crippen LogP contribution in [0, 0.1) is 0 Å². The molecule has 1 aliphatic heterocycles. The molecule has 1 aromatic carbocycles. The molecule has 1 aliphatic rings. The molecule has 1 aromatic rings. The van der Waals surface area contributed by atoms with Crippen LogP contribution >= 0.6 is 0 Å². The Labute approximate surface area is 215 Å². The predicted molar refractivity (Wildman–Crippen MR) is 144 cm³/mol. The van der Waals surface area contributed by atoms with Crippen molar-refractivity contribution in [3.05, 3.63) is 72.4 Å². The number of hydrogen-bond donors (Lipinski definition) is 3. The van der Waals surface area contributed by atoms with Gasteiger partial charge in [0.1, 0.15) is 6.23 Å². The predicted octanol–water partition coefficient (Wildman–Crippen LogP) is 3.25. The lowest BCUT2D eigenvalue weighted by atomic mass is 9.98. The SMILES string of the molecule is C=C/C=C(\C=C/C)C(NC=O)c1ccccc1.CNCC(=O)NC(C)CCOC1CCC(C)N1C=O. The summed E-state index contributed by atoms with van der Waals surface area (Å²) in [4.78, 5) is 34.7. The molecule has 198 valence electrons. The summed E-state index contributed by atoms with van der Waals surface area (Å²) in [7, 11) is 1.74. The molecule has 4 atom stereocenters. The molecule has 8 nitrogen and oxygen atoms in total. The number of likely N-dealkylation sites (tertiary alicyclic amines) is 1. The fourth-order valence-electron chi connectivity index (χ4n) is 3.92. The molecule has 36 heavy (non-hydrogen) atoms. The molecule has 2 rings (SSSR count). The van der Waals surface area contributed by atoms with Gasteiger partial charge in [-0.1, -0.05) is 61.2 Å². The molecule has 0 aromatic heterocycles. The zero-order chi connectivity index (χ0) is 26.8. The van der Waals surface area contributed by atoms with E-state index in [0.717, 1.165) is 43.2 Å². The second-order valence-electron chi connectivity index (χ2n) is 8.62. The zero-order valence-corrected chi connectivity index (χ0v) is 22.0. The molecule has 3 amide bonds. The van der Waals surface area contributed by atoms with Gasteiger partial charge in [-0.25, -0.2) is 0 Å². The number of amides is 3. The third-order valence-electron chi connectivity index (χ3n) is 5.77. The van der Waals surface area contributed by atoms with E-state index in [9.17, 15) is 14.4 Å². The molecule has 0 saturated carbocycles. The highest BCUT2D eigenvalue weighted by atomic mass is 16.5. The van der Waals surface area contributed by atoms with Crippen LogP contribution < -0.4 is 16.0 Å². The van der Waals surface area contributed by atoms with E-state index in [1.54, 1.807) is 18.0 Å². The van der Waals surface area contributed by atoms with Gasteiger partial charge in [0.2, 0.25) is 18.7 Å². The molecule has 4 unspecified atom stereocenters. The van der Waals surface area contributed by atoms with Crippen LogP contribution in [0.3, 0.4) is 0 Å². The van der Waals surface area contributed by atoms with Crippen molar-refractivity contribution in [3.8, 4) is 0 Å². The second-order valence-corrected chi connectivity index (χ2v) is 8.62. The summed E-state index contributed by atoms with van der Waals surface area (Å²) in [5, 5.41) is 8.50. The van der Waals surface area contributed by atoms with Gasteiger partial charge < -0.3 is 25.6 Å². The zero-order valence-electron chi connectivity index (χ0n) is 22.0. The topological polar surface area (TPSA) is 99.8 Å². The molecular formula is C28H42N4O4. The summed E-state index contributed by atoms with van der Waals surface area (Å²) in [6, 6.07) is 10.0. The largest absolute Gasteiger partial charge is 0.358 e. The van der Waals surface area contributed by atoms with Crippen molar-refractivity contribution in [2.75, 3.05) is 20.2 Å². The van der Waals surface area contributed by atoms with Gasteiger partial charge in [0, 0.05) is 12.1 Å². The Hall–Kier alpha value is -3.23. The molecule has 1 fully saturated rings. The summed E-state index contributed by atoms with van der Waals surface area (Å²) in [5.41, 5.74) is 2.05. The molecule has 1 heterocycles. The lowest BCUT2D eigenvalue weighted by Gasteiger charge is -2.24. The van der Waals surface area contributed by atoms with E-state index in [2.05, 4.69) is 22.5 Å². The number of carbonyl (C=O) groups excluding carboxylic acids is 3. The number of ether oxygens (including phenoxy) is 1. The Bertz CT molecular complexity index is 856. The Morgan fingerprint density at radius 1 is 1.25 bits per heavy atom. The first-order chi connectivity index (χ1) is 17.4. The molecule has 0 aliphatic carbocycles. The van der Waals surface area contributed by atoms with E-state index in [1.807, 2.05) is 69.3 Å². The van der Waals surface area contributed by atoms with E-state index in [0.29, 0.717) is 13.2 Å². The van der Waals surface area contributed by atoms with Crippen LogP contribution in [0.15, 0.2) is 66.8 Å². The van der Waals surface area contributed by atoms with Crippen LogP contribution in [0.2, 0.25) is 0 Å². The average molecular weight is 499 g/mol. The first kappa shape index (κ1) is 30.8. The van der Waals surface area contributed by atoms with E-state index < -0.39 is 0 Å². The molecule has 0 radical (unpaired) electrons. The number of rotatable bonds is 14. The number of likely N-dealkylation sites (N-methyl/N-ethyl adjacent to an activating group) is 1. The van der Waals surface area contributed by atoms with E-state index >= 15 is 0 Å². The van der Waals surface area contributed by atoms with Crippen molar-refractivity contribution in [1.29, 1.82) is 0 Å². The number of hydrogen-bond acceptors (Lipinski definition) is 5. The summed E-state index contributed by atoms with van der Waals surface area (Å²) in [6.07, 6.45) is 11.6. The minimum Gasteiger partial charge on any atom is -0.358 e. The Kier molecular flexibility index (Phi) is 15.5. The quantitative estimate of drug-likeness (QED) is 0.270. The molecule has 1 saturated heterocycles. The third kappa shape index (κ3) is 11.0. The minimum absolute atomic E-state index is 0.0148. The van der Waals surface area contributed by atoms with E-state index in [1.165, 1.54) is 0 Å². The first-order valence-electron chi connectivity index (χ1n) is 12.4. The van der Waals surface area contributed by atoms with Gasteiger partial charge >= 0.3 is 0 Å². The fourth-order valence-corrected chi connectivity index (χ4v) is 3.92. The number of benzene rings is 1. The van der Waals surface area contributed by atoms with Crippen LogP contribution in [0.4, 0.5) is 0 Å². The van der Waals surface area contributed by atoms with Crippen molar-refractivity contribution >= 4 is 18.7 Å². The summed E-state index contributed by atoms with van der Waals surface area (Å²) in [6.45, 7) is 10.5. The van der Waals surface area contributed by atoms with Crippen LogP contribution in [-0.2, 0) is 19.1 Å². The minimum atomic E-state index is -0.136. The van der Waals surface area contributed by atoms with Gasteiger partial charge in [0.05, 0.1) is 19.2 Å². The van der Waals surface area contributed by atoms with Crippen molar-refractivity contribution < 1.29 is 19.1 Å². The lowest BCUT2D eigenvalue weighted by Crippen LogP contribution is -2.39. The maximum atomic E-state index is 11.3. The first-order valence-corrected chi connectivity index (χ1v) is 12.4. The molecule has 3 N–H and O–H groups in total. The van der Waals surface area contributed by atoms with E-state index in [-0.39, 0.29) is 30.3 Å². The number of nitrogens with one attached hydrogen (secondary N) is 3. The monoisotopic (exact) mass is 498 g/mol. The maximum absolute atomic E-state index is 11.3. The standard InChI is InChI=1S/C15H17NO.C13H25N3O3/c1-3-8-13(9-4-2)15(16-12-17)14-10-6-5-7-11-14;1-10(15-12(18)8-14-3)6-7-19-13-5-4-11(2)16(13)9-17/h3-12,15H,1H2,2H3,(H,16,17);9-11,13-14H,4-8H2,1-3H3,(H,15,18)/b9-4-,13-8+;. The molecule has 0 spiro atoms. The van der Waals surface area contributed by atoms with Gasteiger partial charge in [0.25, 0.3) is 0 Å². The number of allylic oxidation sites excluding steroid dienone is 3. The Morgan fingerprint density at radius 2 is 1.97 bits per heavy atom. The summed E-state index contributed by atoms with van der Waals surface area (Å²) >= 11 is 0. The molecule has 0 bridgehead atoms. The number of nitrogens with zero attached hydrogens (tertiary/aromatic N) is 1. The normalized spacial score (nSPS) is 19.1. The second kappa shape index (κ2) is 18.1. The van der Waals surface area contributed by atoms with Gasteiger partial charge in [-0.15, -0.1) is 0 Å². The molecule has 8 heteroatoms. The van der Waals surface area contributed by atoms with Crippen LogP contribution in [0.1, 0.15) is 51.6 Å². The van der Waals surface area contributed by atoms with Crippen LogP contribution in [-0.4, -0.2) is 62.1 Å². The average Bonchev–Trinajstić information content (AvgIpc) is 3.22. The lowest BCUT2D eigenvalue weighted by molar-refractivity contribution is -0.131. The van der Waals surface area contributed by atoms with Crippen molar-refractivity contribution in [3.63, 3.8) is 0 Å². The Morgan fingerprint density at radius 3 is 2.56 bits per heavy atom. The maximum Gasteiger partial charge on any atom is 0.234 e. The van der Waals surface area contributed by atoms with Gasteiger partial charge in [-0.2, -0.15) is 0 Å². The highest BCUT2D eigenvalue weighted by molar-refractivity contribution is 5.78. The van der Waals surface area contributed by atoms with Gasteiger partial charge in [0.15, 0.2) is 0 Å². The summed E-state index contributed by atoms with van der Waals surface area (Å²) in [5.74, 6) is -0.0148. The van der Waals surface area contributed by atoms with E-state index in [4.69, 9.17) is 4.74 Å².